The molecule has 2 aromatic rings. The highest BCUT2D eigenvalue weighted by Crippen LogP contribution is 2.25. The predicted octanol–water partition coefficient (Wildman–Crippen LogP) is 3.78. The molecule has 1 heterocycles. The number of thiocarbonyl (C=S) groups is 1. The summed E-state index contributed by atoms with van der Waals surface area (Å²) in [4.78, 5) is 17.9. The minimum Gasteiger partial charge on any atom is -0.363 e. The molecule has 0 amide bonds. The predicted molar refractivity (Wildman–Crippen MR) is 108 cm³/mol. The van der Waals surface area contributed by atoms with Gasteiger partial charge in [0.1, 0.15) is 0 Å². The summed E-state index contributed by atoms with van der Waals surface area (Å²) < 4.78 is 0. The van der Waals surface area contributed by atoms with Gasteiger partial charge in [-0.2, -0.15) is 0 Å². The molecule has 4 nitrogen and oxygen atoms in total. The highest BCUT2D eigenvalue weighted by atomic mass is 32.1. The minimum atomic E-state index is -0.0123. The van der Waals surface area contributed by atoms with Gasteiger partial charge in [0.2, 0.25) is 0 Å². The number of aryl methyl sites for hydroxylation is 2. The van der Waals surface area contributed by atoms with Crippen molar-refractivity contribution in [2.75, 3.05) is 6.54 Å². The van der Waals surface area contributed by atoms with Crippen molar-refractivity contribution in [1.82, 2.24) is 15.2 Å². The molecule has 1 fully saturated rings. The Morgan fingerprint density at radius 1 is 1.28 bits per heavy atom. The lowest BCUT2D eigenvalue weighted by atomic mass is 10.0. The Labute approximate surface area is 154 Å². The zero-order valence-electron chi connectivity index (χ0n) is 15.3. The van der Waals surface area contributed by atoms with Crippen LogP contribution in [-0.2, 0) is 6.54 Å². The van der Waals surface area contributed by atoms with E-state index in [9.17, 15) is 4.79 Å². The van der Waals surface area contributed by atoms with Crippen LogP contribution in [0.15, 0.2) is 23.0 Å². The van der Waals surface area contributed by atoms with Crippen LogP contribution in [-0.4, -0.2) is 27.6 Å². The Hall–Kier alpha value is -1.88. The third kappa shape index (κ3) is 3.87. The van der Waals surface area contributed by atoms with Crippen molar-refractivity contribution in [3.8, 4) is 0 Å². The number of fused-ring (bicyclic) bond motifs is 1. The summed E-state index contributed by atoms with van der Waals surface area (Å²) in [6, 6.07) is 6.69. The highest BCUT2D eigenvalue weighted by Gasteiger charge is 2.25. The first-order valence-electron chi connectivity index (χ1n) is 9.17. The number of aromatic nitrogens is 1. The number of aromatic amines is 1. The second kappa shape index (κ2) is 7.56. The van der Waals surface area contributed by atoms with Gasteiger partial charge >= 0.3 is 0 Å². The zero-order valence-corrected chi connectivity index (χ0v) is 16.1. The monoisotopic (exact) mass is 357 g/mol. The average molecular weight is 358 g/mol. The van der Waals surface area contributed by atoms with E-state index >= 15 is 0 Å². The summed E-state index contributed by atoms with van der Waals surface area (Å²) in [7, 11) is 0. The van der Waals surface area contributed by atoms with Gasteiger partial charge in [0.05, 0.1) is 12.1 Å². The van der Waals surface area contributed by atoms with Crippen LogP contribution in [0.4, 0.5) is 0 Å². The van der Waals surface area contributed by atoms with E-state index in [1.165, 1.54) is 18.4 Å². The van der Waals surface area contributed by atoms with Gasteiger partial charge in [0, 0.05) is 18.2 Å². The lowest BCUT2D eigenvalue weighted by Crippen LogP contribution is -2.45. The third-order valence-electron chi connectivity index (χ3n) is 5.07. The number of benzene rings is 1. The molecule has 2 N–H and O–H groups in total. The maximum atomic E-state index is 12.7. The van der Waals surface area contributed by atoms with E-state index in [4.69, 9.17) is 12.2 Å². The first-order valence-corrected chi connectivity index (χ1v) is 9.58. The standard InChI is InChI=1S/C20H27N3OS/c1-4-21-20(25)23(17-7-5-6-8-17)12-16-11-15-10-13(2)9-14(3)18(15)22-19(16)24/h9-11,17H,4-8,12H2,1-3H3,(H,21,25)(H,22,24). The number of hydrogen-bond donors (Lipinski definition) is 2. The number of nitrogens with one attached hydrogen (secondary N) is 2. The van der Waals surface area contributed by atoms with Crippen LogP contribution < -0.4 is 10.9 Å². The third-order valence-corrected chi connectivity index (χ3v) is 5.44. The molecule has 3 rings (SSSR count). The molecule has 25 heavy (non-hydrogen) atoms. The van der Waals surface area contributed by atoms with Crippen LogP contribution in [0.3, 0.4) is 0 Å². The molecule has 0 spiro atoms. The highest BCUT2D eigenvalue weighted by molar-refractivity contribution is 7.80. The molecule has 0 bridgehead atoms. The van der Waals surface area contributed by atoms with Crippen LogP contribution >= 0.6 is 12.2 Å². The minimum absolute atomic E-state index is 0.0123. The maximum Gasteiger partial charge on any atom is 0.253 e. The molecular formula is C20H27N3OS. The first-order chi connectivity index (χ1) is 12.0. The van der Waals surface area contributed by atoms with Gasteiger partial charge < -0.3 is 15.2 Å². The quantitative estimate of drug-likeness (QED) is 0.818. The van der Waals surface area contributed by atoms with E-state index < -0.39 is 0 Å². The van der Waals surface area contributed by atoms with E-state index in [1.807, 2.05) is 19.9 Å². The van der Waals surface area contributed by atoms with E-state index in [-0.39, 0.29) is 5.56 Å². The fraction of sp³-hybridized carbons (Fsp3) is 0.500. The molecule has 0 atom stereocenters. The molecule has 0 unspecified atom stereocenters. The smallest absolute Gasteiger partial charge is 0.253 e. The van der Waals surface area contributed by atoms with E-state index in [0.29, 0.717) is 12.6 Å². The number of H-pyrrole nitrogens is 1. The van der Waals surface area contributed by atoms with Gasteiger partial charge in [-0.25, -0.2) is 0 Å². The molecule has 1 saturated carbocycles. The SMILES string of the molecule is CCNC(=S)N(Cc1cc2cc(C)cc(C)c2[nH]c1=O)C1CCCC1. The largest absolute Gasteiger partial charge is 0.363 e. The fourth-order valence-corrected chi connectivity index (χ4v) is 4.23. The fourth-order valence-electron chi connectivity index (χ4n) is 3.87. The normalized spacial score (nSPS) is 14.8. The van der Waals surface area contributed by atoms with Crippen LogP contribution in [0.5, 0.6) is 0 Å². The zero-order chi connectivity index (χ0) is 18.0. The molecule has 5 heteroatoms. The van der Waals surface area contributed by atoms with Crippen molar-refractivity contribution in [2.45, 2.75) is 59.0 Å². The lowest BCUT2D eigenvalue weighted by molar-refractivity contribution is 0.303. The van der Waals surface area contributed by atoms with Crippen molar-refractivity contribution in [3.63, 3.8) is 0 Å². The summed E-state index contributed by atoms with van der Waals surface area (Å²) in [5.41, 5.74) is 4.01. The Balaban J connectivity index is 1.97. The second-order valence-electron chi connectivity index (χ2n) is 7.07. The molecule has 134 valence electrons. The number of nitrogens with zero attached hydrogens (tertiary/aromatic N) is 1. The summed E-state index contributed by atoms with van der Waals surface area (Å²) in [6.07, 6.45) is 4.77. The average Bonchev–Trinajstić information content (AvgIpc) is 3.08. The van der Waals surface area contributed by atoms with E-state index in [0.717, 1.165) is 46.5 Å². The van der Waals surface area contributed by atoms with Gasteiger partial charge in [-0.3, -0.25) is 4.79 Å². The molecule has 1 aromatic carbocycles. The van der Waals surface area contributed by atoms with Crippen LogP contribution in [0.25, 0.3) is 10.9 Å². The van der Waals surface area contributed by atoms with Gasteiger partial charge in [-0.15, -0.1) is 0 Å². The van der Waals surface area contributed by atoms with Crippen molar-refractivity contribution in [3.05, 3.63) is 45.2 Å². The molecule has 0 aliphatic heterocycles. The van der Waals surface area contributed by atoms with Crippen molar-refractivity contribution >= 4 is 28.2 Å². The van der Waals surface area contributed by atoms with Crippen LogP contribution in [0.2, 0.25) is 0 Å². The Morgan fingerprint density at radius 3 is 2.68 bits per heavy atom. The van der Waals surface area contributed by atoms with Crippen LogP contribution in [0.1, 0.15) is 49.3 Å². The van der Waals surface area contributed by atoms with E-state index in [1.54, 1.807) is 0 Å². The summed E-state index contributed by atoms with van der Waals surface area (Å²) in [5, 5.41) is 5.11. The number of rotatable bonds is 4. The Bertz CT molecular complexity index is 837. The molecule has 1 aromatic heterocycles. The summed E-state index contributed by atoms with van der Waals surface area (Å²) >= 11 is 5.59. The van der Waals surface area contributed by atoms with Crippen LogP contribution in [0, 0.1) is 13.8 Å². The van der Waals surface area contributed by atoms with Crippen molar-refractivity contribution in [1.29, 1.82) is 0 Å². The maximum absolute atomic E-state index is 12.7. The Kier molecular flexibility index (Phi) is 5.42. The Morgan fingerprint density at radius 2 is 2.00 bits per heavy atom. The molecule has 0 radical (unpaired) electrons. The van der Waals surface area contributed by atoms with Gasteiger partial charge in [-0.05, 0) is 68.9 Å². The van der Waals surface area contributed by atoms with Crippen molar-refractivity contribution < 1.29 is 0 Å². The molecule has 0 saturated heterocycles. The summed E-state index contributed by atoms with van der Waals surface area (Å²) in [6.45, 7) is 7.54. The molecule has 1 aliphatic rings. The number of pyridine rings is 1. The second-order valence-corrected chi connectivity index (χ2v) is 7.46. The number of hydrogen-bond acceptors (Lipinski definition) is 2. The van der Waals surface area contributed by atoms with Gasteiger partial charge in [0.25, 0.3) is 5.56 Å². The summed E-state index contributed by atoms with van der Waals surface area (Å²) in [5.74, 6) is 0. The molecular weight excluding hydrogens is 330 g/mol. The van der Waals surface area contributed by atoms with Gasteiger partial charge in [-0.1, -0.05) is 24.5 Å². The lowest BCUT2D eigenvalue weighted by Gasteiger charge is -2.31. The first kappa shape index (κ1) is 17.9. The molecule has 1 aliphatic carbocycles. The van der Waals surface area contributed by atoms with Crippen molar-refractivity contribution in [2.24, 2.45) is 0 Å². The topological polar surface area (TPSA) is 48.1 Å². The van der Waals surface area contributed by atoms with Gasteiger partial charge in [0.15, 0.2) is 5.11 Å². The van der Waals surface area contributed by atoms with E-state index in [2.05, 4.69) is 34.3 Å².